The Kier molecular flexibility index (Phi) is 11.2. The summed E-state index contributed by atoms with van der Waals surface area (Å²) in [4.78, 5) is 29.3. The number of hydrogen-bond acceptors (Lipinski definition) is 5. The fraction of sp³-hybridized carbons (Fsp3) is 0.394. The molecule has 0 unspecified atom stereocenters. The number of benzene rings is 3. The molecule has 0 aliphatic heterocycles. The van der Waals surface area contributed by atoms with Crippen molar-refractivity contribution in [2.24, 2.45) is 0 Å². The molecule has 226 valence electrons. The van der Waals surface area contributed by atoms with E-state index >= 15 is 0 Å². The molecule has 3 aromatic rings. The first-order chi connectivity index (χ1) is 19.9. The largest absolute Gasteiger partial charge is 0.497 e. The molecule has 3 rings (SSSR count). The van der Waals surface area contributed by atoms with Crippen LogP contribution in [-0.4, -0.2) is 50.9 Å². The van der Waals surface area contributed by atoms with Gasteiger partial charge in [0.15, 0.2) is 0 Å². The topological polar surface area (TPSA) is 96.0 Å². The number of amides is 2. The lowest BCUT2D eigenvalue weighted by Gasteiger charge is -2.34. The van der Waals surface area contributed by atoms with Gasteiger partial charge < -0.3 is 15.0 Å². The summed E-state index contributed by atoms with van der Waals surface area (Å²) in [7, 11) is -2.55. The molecule has 0 aromatic heterocycles. The van der Waals surface area contributed by atoms with Crippen molar-refractivity contribution in [2.45, 2.75) is 77.9 Å². The van der Waals surface area contributed by atoms with Crippen LogP contribution in [0.2, 0.25) is 0 Å². The molecule has 0 aliphatic carbocycles. The SMILES string of the molecule is CC[C@@H](C)NC(=O)[C@@H](CC)N(Cc1ccc(OC)cc1)C(=O)CN(c1cccc(C)c1C)S(=O)(=O)c1ccc(C)cc1. The van der Waals surface area contributed by atoms with E-state index in [-0.39, 0.29) is 23.4 Å². The molecule has 2 atom stereocenters. The van der Waals surface area contributed by atoms with Gasteiger partial charge in [0, 0.05) is 12.6 Å². The molecular weight excluding hydrogens is 550 g/mol. The first-order valence-electron chi connectivity index (χ1n) is 14.3. The van der Waals surface area contributed by atoms with Gasteiger partial charge in [0.25, 0.3) is 10.0 Å². The zero-order valence-electron chi connectivity index (χ0n) is 25.7. The average Bonchev–Trinajstić information content (AvgIpc) is 2.97. The maximum Gasteiger partial charge on any atom is 0.264 e. The Morgan fingerprint density at radius 3 is 2.12 bits per heavy atom. The number of carbonyl (C=O) groups excluding carboxylic acids is 2. The Labute approximate surface area is 250 Å². The number of methoxy groups -OCH3 is 1. The van der Waals surface area contributed by atoms with Crippen molar-refractivity contribution < 1.29 is 22.7 Å². The molecule has 0 saturated heterocycles. The van der Waals surface area contributed by atoms with E-state index in [0.717, 1.165) is 28.7 Å². The lowest BCUT2D eigenvalue weighted by molar-refractivity contribution is -0.140. The van der Waals surface area contributed by atoms with Gasteiger partial charge in [0.1, 0.15) is 18.3 Å². The van der Waals surface area contributed by atoms with E-state index in [4.69, 9.17) is 4.74 Å². The Morgan fingerprint density at radius 2 is 1.55 bits per heavy atom. The standard InChI is InChI=1S/C33H43N3O5S/c1-8-25(5)34-33(38)30(9-2)35(21-27-15-17-28(41-7)18-16-27)32(37)22-36(31-12-10-11-24(4)26(31)6)42(39,40)29-19-13-23(3)14-20-29/h10-20,25,30H,8-9,21-22H2,1-7H3,(H,34,38)/t25-,30-/m1/s1. The van der Waals surface area contributed by atoms with Crippen LogP contribution >= 0.6 is 0 Å². The minimum Gasteiger partial charge on any atom is -0.497 e. The van der Waals surface area contributed by atoms with E-state index in [1.54, 1.807) is 55.6 Å². The highest BCUT2D eigenvalue weighted by Crippen LogP contribution is 2.29. The highest BCUT2D eigenvalue weighted by atomic mass is 32.2. The number of ether oxygens (including phenoxy) is 1. The second-order valence-electron chi connectivity index (χ2n) is 10.7. The summed E-state index contributed by atoms with van der Waals surface area (Å²) in [5.74, 6) is -0.0783. The molecule has 2 amide bonds. The van der Waals surface area contributed by atoms with Crippen LogP contribution in [0.1, 0.15) is 55.9 Å². The molecule has 0 radical (unpaired) electrons. The molecule has 0 fully saturated rings. The Morgan fingerprint density at radius 1 is 0.905 bits per heavy atom. The zero-order valence-corrected chi connectivity index (χ0v) is 26.5. The minimum absolute atomic E-state index is 0.0714. The van der Waals surface area contributed by atoms with Gasteiger partial charge in [-0.25, -0.2) is 8.42 Å². The number of nitrogens with one attached hydrogen (secondary N) is 1. The van der Waals surface area contributed by atoms with Gasteiger partial charge >= 0.3 is 0 Å². The molecule has 0 saturated carbocycles. The van der Waals surface area contributed by atoms with E-state index in [9.17, 15) is 18.0 Å². The van der Waals surface area contributed by atoms with E-state index in [2.05, 4.69) is 5.32 Å². The summed E-state index contributed by atoms with van der Waals surface area (Å²) in [6.45, 7) is 11.0. The zero-order chi connectivity index (χ0) is 31.0. The summed E-state index contributed by atoms with van der Waals surface area (Å²) >= 11 is 0. The third-order valence-corrected chi connectivity index (χ3v) is 9.41. The maximum absolute atomic E-state index is 14.3. The van der Waals surface area contributed by atoms with Crippen LogP contribution < -0.4 is 14.4 Å². The second kappa shape index (κ2) is 14.4. The Balaban J connectivity index is 2.09. The first kappa shape index (κ1) is 32.7. The number of sulfonamides is 1. The van der Waals surface area contributed by atoms with Gasteiger partial charge in [0.2, 0.25) is 11.8 Å². The number of aryl methyl sites for hydroxylation is 2. The van der Waals surface area contributed by atoms with Crippen molar-refractivity contribution in [3.05, 3.63) is 89.0 Å². The molecular formula is C33H43N3O5S. The van der Waals surface area contributed by atoms with Crippen LogP contribution in [0, 0.1) is 20.8 Å². The summed E-state index contributed by atoms with van der Waals surface area (Å²) in [5.41, 5.74) is 3.79. The van der Waals surface area contributed by atoms with Crippen LogP contribution in [0.5, 0.6) is 5.75 Å². The number of rotatable bonds is 13. The van der Waals surface area contributed by atoms with E-state index < -0.39 is 28.5 Å². The van der Waals surface area contributed by atoms with Crippen LogP contribution in [-0.2, 0) is 26.2 Å². The molecule has 9 heteroatoms. The van der Waals surface area contributed by atoms with Crippen molar-refractivity contribution in [3.63, 3.8) is 0 Å². The fourth-order valence-corrected chi connectivity index (χ4v) is 6.12. The van der Waals surface area contributed by atoms with Gasteiger partial charge in [0.05, 0.1) is 17.7 Å². The lowest BCUT2D eigenvalue weighted by Crippen LogP contribution is -2.53. The first-order valence-corrected chi connectivity index (χ1v) is 15.7. The molecule has 0 heterocycles. The monoisotopic (exact) mass is 593 g/mol. The van der Waals surface area contributed by atoms with Gasteiger partial charge in [-0.15, -0.1) is 0 Å². The normalized spacial score (nSPS) is 12.7. The van der Waals surface area contributed by atoms with E-state index in [1.165, 1.54) is 9.21 Å². The summed E-state index contributed by atoms with van der Waals surface area (Å²) < 4.78 is 34.7. The highest BCUT2D eigenvalue weighted by Gasteiger charge is 2.34. The molecule has 0 bridgehead atoms. The highest BCUT2D eigenvalue weighted by molar-refractivity contribution is 7.92. The van der Waals surface area contributed by atoms with Crippen molar-refractivity contribution >= 4 is 27.5 Å². The predicted octanol–water partition coefficient (Wildman–Crippen LogP) is 5.54. The van der Waals surface area contributed by atoms with Crippen LogP contribution in [0.15, 0.2) is 71.6 Å². The smallest absolute Gasteiger partial charge is 0.264 e. The van der Waals surface area contributed by atoms with Crippen molar-refractivity contribution in [1.82, 2.24) is 10.2 Å². The molecule has 8 nitrogen and oxygen atoms in total. The number of carbonyl (C=O) groups is 2. The second-order valence-corrected chi connectivity index (χ2v) is 12.5. The Hall–Kier alpha value is -3.85. The quantitative estimate of drug-likeness (QED) is 0.281. The fourth-order valence-electron chi connectivity index (χ4n) is 4.64. The van der Waals surface area contributed by atoms with Gasteiger partial charge in [-0.1, -0.05) is 55.8 Å². The summed E-state index contributed by atoms with van der Waals surface area (Å²) in [5, 5.41) is 3.00. The molecule has 1 N–H and O–H groups in total. The van der Waals surface area contributed by atoms with Crippen molar-refractivity contribution in [2.75, 3.05) is 18.0 Å². The van der Waals surface area contributed by atoms with E-state index in [1.807, 2.05) is 59.7 Å². The van der Waals surface area contributed by atoms with Crippen molar-refractivity contribution in [1.29, 1.82) is 0 Å². The number of hydrogen-bond donors (Lipinski definition) is 1. The van der Waals surface area contributed by atoms with Gasteiger partial charge in [-0.2, -0.15) is 0 Å². The summed E-state index contributed by atoms with van der Waals surface area (Å²) in [6, 6.07) is 18.4. The molecule has 3 aromatic carbocycles. The molecule has 42 heavy (non-hydrogen) atoms. The van der Waals surface area contributed by atoms with Crippen LogP contribution in [0.3, 0.4) is 0 Å². The van der Waals surface area contributed by atoms with Gasteiger partial charge in [-0.3, -0.25) is 13.9 Å². The van der Waals surface area contributed by atoms with Crippen LogP contribution in [0.4, 0.5) is 5.69 Å². The third kappa shape index (κ3) is 7.70. The Bertz CT molecular complexity index is 1470. The summed E-state index contributed by atoms with van der Waals surface area (Å²) in [6.07, 6.45) is 1.10. The third-order valence-electron chi connectivity index (χ3n) is 7.63. The molecule has 0 spiro atoms. The average molecular weight is 594 g/mol. The predicted molar refractivity (Wildman–Crippen MR) is 167 cm³/mol. The molecule has 0 aliphatic rings. The number of nitrogens with zero attached hydrogens (tertiary/aromatic N) is 2. The maximum atomic E-state index is 14.3. The van der Waals surface area contributed by atoms with Crippen LogP contribution in [0.25, 0.3) is 0 Å². The van der Waals surface area contributed by atoms with Gasteiger partial charge in [-0.05, 0) is 87.6 Å². The van der Waals surface area contributed by atoms with E-state index in [0.29, 0.717) is 17.9 Å². The van der Waals surface area contributed by atoms with Crippen molar-refractivity contribution in [3.8, 4) is 5.75 Å². The number of anilines is 1. The lowest BCUT2D eigenvalue weighted by atomic mass is 10.1. The minimum atomic E-state index is -4.13.